The topological polar surface area (TPSA) is 89.1 Å². The van der Waals surface area contributed by atoms with Gasteiger partial charge in [0.15, 0.2) is 5.76 Å². The number of nitrogens with one attached hydrogen (secondary N) is 1. The van der Waals surface area contributed by atoms with E-state index in [1.165, 1.54) is 12.5 Å². The molecule has 0 aliphatic heterocycles. The third-order valence-electron chi connectivity index (χ3n) is 3.83. The minimum Gasteiger partial charge on any atom is -0.362 e. The predicted octanol–water partition coefficient (Wildman–Crippen LogP) is 2.40. The molecular weight excluding hydrogens is 308 g/mol. The maximum absolute atomic E-state index is 12.7. The van der Waals surface area contributed by atoms with Crippen LogP contribution in [0.25, 0.3) is 11.0 Å². The molecule has 0 atom stereocenters. The largest absolute Gasteiger partial charge is 0.362 e. The molecule has 1 amide bonds. The zero-order valence-electron chi connectivity index (χ0n) is 14.4. The number of aryl methyl sites for hydroxylation is 1. The van der Waals surface area contributed by atoms with Crippen LogP contribution in [0, 0.1) is 0 Å². The lowest BCUT2D eigenvalue weighted by atomic mass is 10.1. The van der Waals surface area contributed by atoms with Crippen molar-refractivity contribution in [1.82, 2.24) is 19.7 Å². The van der Waals surface area contributed by atoms with Crippen LogP contribution in [0.15, 0.2) is 23.1 Å². The quantitative estimate of drug-likeness (QED) is 0.791. The van der Waals surface area contributed by atoms with Crippen LogP contribution >= 0.6 is 0 Å². The molecule has 3 aromatic heterocycles. The summed E-state index contributed by atoms with van der Waals surface area (Å²) in [6.45, 7) is 3.96. The number of hydrogen-bond donors (Lipinski definition) is 1. The number of amides is 1. The number of anilines is 2. The van der Waals surface area contributed by atoms with Crippen molar-refractivity contribution in [3.63, 3.8) is 0 Å². The molecule has 0 spiro atoms. The minimum atomic E-state index is -0.245. The fourth-order valence-corrected chi connectivity index (χ4v) is 2.64. The summed E-state index contributed by atoms with van der Waals surface area (Å²) in [6.07, 6.45) is 3.01. The van der Waals surface area contributed by atoms with Crippen molar-refractivity contribution in [2.75, 3.05) is 24.3 Å². The van der Waals surface area contributed by atoms with Crippen molar-refractivity contribution in [1.29, 1.82) is 0 Å². The molecule has 3 rings (SSSR count). The third kappa shape index (κ3) is 2.60. The Bertz CT molecular complexity index is 893. The number of nitrogens with zero attached hydrogens (tertiary/aromatic N) is 5. The van der Waals surface area contributed by atoms with Crippen LogP contribution in [0.4, 0.5) is 11.5 Å². The molecular formula is C16H20N6O2. The summed E-state index contributed by atoms with van der Waals surface area (Å²) in [5, 5.41) is 7.45. The summed E-state index contributed by atoms with van der Waals surface area (Å²) >= 11 is 0. The van der Waals surface area contributed by atoms with E-state index in [9.17, 15) is 4.79 Å². The van der Waals surface area contributed by atoms with Gasteiger partial charge in [0.25, 0.3) is 5.91 Å². The predicted molar refractivity (Wildman–Crippen MR) is 91.4 cm³/mol. The fraction of sp³-hybridized carbons (Fsp3) is 0.375. The monoisotopic (exact) mass is 328 g/mol. The third-order valence-corrected chi connectivity index (χ3v) is 3.83. The highest BCUT2D eigenvalue weighted by molar-refractivity contribution is 6.07. The molecule has 3 aromatic rings. The summed E-state index contributed by atoms with van der Waals surface area (Å²) in [5.41, 5.74) is 1.77. The van der Waals surface area contributed by atoms with Crippen LogP contribution in [-0.4, -0.2) is 39.7 Å². The first-order chi connectivity index (χ1) is 11.4. The molecule has 0 aliphatic rings. The molecule has 0 saturated heterocycles. The smallest absolute Gasteiger partial charge is 0.272 e. The van der Waals surface area contributed by atoms with Crippen LogP contribution in [0.1, 0.15) is 36.0 Å². The van der Waals surface area contributed by atoms with Gasteiger partial charge in [-0.15, -0.1) is 0 Å². The van der Waals surface area contributed by atoms with Crippen molar-refractivity contribution in [3.05, 3.63) is 30.0 Å². The first-order valence-corrected chi connectivity index (χ1v) is 7.63. The first kappa shape index (κ1) is 16.0. The Morgan fingerprint density at radius 2 is 2.08 bits per heavy atom. The van der Waals surface area contributed by atoms with Crippen molar-refractivity contribution < 1.29 is 9.32 Å². The second kappa shape index (κ2) is 5.95. The number of hydrogen-bond acceptors (Lipinski definition) is 6. The molecule has 0 fully saturated rings. The highest BCUT2D eigenvalue weighted by atomic mass is 16.5. The Morgan fingerprint density at radius 1 is 1.33 bits per heavy atom. The summed E-state index contributed by atoms with van der Waals surface area (Å²) in [6, 6.07) is 1.79. The molecule has 0 aromatic carbocycles. The van der Waals surface area contributed by atoms with Gasteiger partial charge in [0.05, 0.1) is 11.6 Å². The number of fused-ring (bicyclic) bond motifs is 1. The highest BCUT2D eigenvalue weighted by Crippen LogP contribution is 2.27. The molecule has 0 aliphatic carbocycles. The molecule has 0 unspecified atom stereocenters. The normalized spacial score (nSPS) is 11.2. The molecule has 0 saturated carbocycles. The average Bonchev–Trinajstić information content (AvgIpc) is 3.12. The van der Waals surface area contributed by atoms with Gasteiger partial charge in [0.1, 0.15) is 29.2 Å². The van der Waals surface area contributed by atoms with E-state index >= 15 is 0 Å². The lowest BCUT2D eigenvalue weighted by Crippen LogP contribution is -2.16. The molecule has 1 N–H and O–H groups in total. The van der Waals surface area contributed by atoms with Gasteiger partial charge < -0.3 is 19.3 Å². The van der Waals surface area contributed by atoms with Gasteiger partial charge in [-0.2, -0.15) is 0 Å². The summed E-state index contributed by atoms with van der Waals surface area (Å²) < 4.78 is 6.95. The van der Waals surface area contributed by atoms with Crippen molar-refractivity contribution in [3.8, 4) is 0 Å². The van der Waals surface area contributed by atoms with E-state index in [-0.39, 0.29) is 11.8 Å². The number of carbonyl (C=O) groups is 1. The molecule has 8 heteroatoms. The zero-order valence-corrected chi connectivity index (χ0v) is 14.4. The number of rotatable bonds is 4. The van der Waals surface area contributed by atoms with Crippen molar-refractivity contribution in [2.24, 2.45) is 7.05 Å². The zero-order chi connectivity index (χ0) is 17.4. The maximum Gasteiger partial charge on any atom is 0.272 e. The SMILES string of the molecule is CC(C)c1oncc1NC(=O)c1cc2c(N(C)C)ncnc2n1C. The average molecular weight is 328 g/mol. The van der Waals surface area contributed by atoms with Gasteiger partial charge >= 0.3 is 0 Å². The lowest BCUT2D eigenvalue weighted by Gasteiger charge is -2.11. The molecule has 0 radical (unpaired) electrons. The van der Waals surface area contributed by atoms with Gasteiger partial charge in [0.2, 0.25) is 0 Å². The maximum atomic E-state index is 12.7. The molecule has 8 nitrogen and oxygen atoms in total. The molecule has 24 heavy (non-hydrogen) atoms. The van der Waals surface area contributed by atoms with E-state index in [0.717, 1.165) is 11.2 Å². The Kier molecular flexibility index (Phi) is 3.96. The fourth-order valence-electron chi connectivity index (χ4n) is 2.64. The number of carbonyl (C=O) groups excluding carboxylic acids is 1. The summed E-state index contributed by atoms with van der Waals surface area (Å²) in [5.74, 6) is 1.30. The molecule has 126 valence electrons. The van der Waals surface area contributed by atoms with Gasteiger partial charge in [-0.3, -0.25) is 4.79 Å². The van der Waals surface area contributed by atoms with Crippen LogP contribution < -0.4 is 10.2 Å². The Morgan fingerprint density at radius 3 is 2.75 bits per heavy atom. The van der Waals surface area contributed by atoms with E-state index in [1.54, 1.807) is 17.7 Å². The first-order valence-electron chi connectivity index (χ1n) is 7.63. The van der Waals surface area contributed by atoms with E-state index in [0.29, 0.717) is 22.8 Å². The Hall–Kier alpha value is -2.90. The second-order valence-electron chi connectivity index (χ2n) is 6.13. The molecule has 3 heterocycles. The van der Waals surface area contributed by atoms with E-state index in [1.807, 2.05) is 32.8 Å². The van der Waals surface area contributed by atoms with Gasteiger partial charge in [-0.25, -0.2) is 9.97 Å². The van der Waals surface area contributed by atoms with Crippen LogP contribution in [0.3, 0.4) is 0 Å². The Balaban J connectivity index is 2.00. The van der Waals surface area contributed by atoms with Crippen molar-refractivity contribution >= 4 is 28.4 Å². The number of aromatic nitrogens is 4. The van der Waals surface area contributed by atoms with E-state index in [4.69, 9.17) is 4.52 Å². The minimum absolute atomic E-state index is 0.126. The summed E-state index contributed by atoms with van der Waals surface area (Å²) in [7, 11) is 5.61. The van der Waals surface area contributed by atoms with Gasteiger partial charge in [0, 0.05) is 27.1 Å². The van der Waals surface area contributed by atoms with Crippen LogP contribution in [0.2, 0.25) is 0 Å². The lowest BCUT2D eigenvalue weighted by molar-refractivity contribution is 0.101. The van der Waals surface area contributed by atoms with Crippen molar-refractivity contribution in [2.45, 2.75) is 19.8 Å². The standard InChI is InChI=1S/C16H20N6O2/c1-9(2)13-11(7-19-24-13)20-16(23)12-6-10-14(21(3)4)17-8-18-15(10)22(12)5/h6-9H,1-5H3,(H,20,23). The highest BCUT2D eigenvalue weighted by Gasteiger charge is 2.20. The summed E-state index contributed by atoms with van der Waals surface area (Å²) in [4.78, 5) is 23.1. The van der Waals surface area contributed by atoms with E-state index < -0.39 is 0 Å². The van der Waals surface area contributed by atoms with E-state index in [2.05, 4.69) is 20.4 Å². The van der Waals surface area contributed by atoms with Crippen LogP contribution in [0.5, 0.6) is 0 Å². The van der Waals surface area contributed by atoms with Gasteiger partial charge in [-0.1, -0.05) is 19.0 Å². The van der Waals surface area contributed by atoms with Gasteiger partial charge in [-0.05, 0) is 6.07 Å². The second-order valence-corrected chi connectivity index (χ2v) is 6.13. The van der Waals surface area contributed by atoms with Crippen LogP contribution in [-0.2, 0) is 7.05 Å². The molecule has 0 bridgehead atoms. The Labute approximate surface area is 139 Å².